The highest BCUT2D eigenvalue weighted by molar-refractivity contribution is 9.10. The summed E-state index contributed by atoms with van der Waals surface area (Å²) in [6.07, 6.45) is 1.50. The number of carbonyl (C=O) groups is 2. The fourth-order valence-corrected chi connectivity index (χ4v) is 5.52. The van der Waals surface area contributed by atoms with Gasteiger partial charge in [-0.05, 0) is 22.0 Å². The Hall–Kier alpha value is -2.11. The fourth-order valence-electron chi connectivity index (χ4n) is 3.14. The van der Waals surface area contributed by atoms with E-state index < -0.39 is 26.6 Å². The molecule has 0 bridgehead atoms. The first kappa shape index (κ1) is 20.2. The molecule has 2 aromatic carbocycles. The molecule has 7 nitrogen and oxygen atoms in total. The summed E-state index contributed by atoms with van der Waals surface area (Å²) < 4.78 is 34.1. The van der Waals surface area contributed by atoms with Gasteiger partial charge in [0.15, 0.2) is 16.0 Å². The number of rotatable bonds is 4. The smallest absolute Gasteiger partial charge is 0.296 e. The number of nitrogens with zero attached hydrogens (tertiary/aromatic N) is 1. The van der Waals surface area contributed by atoms with Crippen LogP contribution in [0, 0.1) is 0 Å². The molecule has 0 radical (unpaired) electrons. The van der Waals surface area contributed by atoms with E-state index in [4.69, 9.17) is 11.6 Å². The molecule has 11 heteroatoms. The fraction of sp³-hybridized carbons (Fsp3) is 0.0556. The molecule has 29 heavy (non-hydrogen) atoms. The van der Waals surface area contributed by atoms with Gasteiger partial charge in [-0.1, -0.05) is 35.9 Å². The van der Waals surface area contributed by atoms with Gasteiger partial charge in [-0.15, -0.1) is 11.3 Å². The van der Waals surface area contributed by atoms with Crippen LogP contribution in [0.5, 0.6) is 0 Å². The van der Waals surface area contributed by atoms with Gasteiger partial charge in [0.1, 0.15) is 4.90 Å². The Morgan fingerprint density at radius 1 is 1.14 bits per heavy atom. The first-order valence-electron chi connectivity index (χ1n) is 8.05. The van der Waals surface area contributed by atoms with E-state index in [1.54, 1.807) is 12.1 Å². The second-order valence-corrected chi connectivity index (χ2v) is 10.0. The van der Waals surface area contributed by atoms with Gasteiger partial charge in [-0.2, -0.15) is 8.42 Å². The lowest BCUT2D eigenvalue weighted by atomic mass is 9.83. The zero-order valence-electron chi connectivity index (χ0n) is 14.3. The van der Waals surface area contributed by atoms with Gasteiger partial charge in [0.2, 0.25) is 0 Å². The van der Waals surface area contributed by atoms with Crippen molar-refractivity contribution in [2.24, 2.45) is 0 Å². The number of hydrogen-bond acceptors (Lipinski definition) is 7. The number of nitrogens with one attached hydrogen (secondary N) is 1. The van der Waals surface area contributed by atoms with Crippen molar-refractivity contribution < 1.29 is 22.6 Å². The van der Waals surface area contributed by atoms with Gasteiger partial charge in [0.25, 0.3) is 10.1 Å². The highest BCUT2D eigenvalue weighted by Crippen LogP contribution is 2.40. The van der Waals surface area contributed by atoms with Gasteiger partial charge in [0, 0.05) is 26.7 Å². The topological polar surface area (TPSA) is 113 Å². The minimum atomic E-state index is -4.70. The van der Waals surface area contributed by atoms with E-state index in [1.807, 2.05) is 0 Å². The van der Waals surface area contributed by atoms with E-state index in [9.17, 15) is 22.6 Å². The van der Waals surface area contributed by atoms with E-state index in [1.165, 1.54) is 29.7 Å². The van der Waals surface area contributed by atoms with E-state index in [-0.39, 0.29) is 39.0 Å². The summed E-state index contributed by atoms with van der Waals surface area (Å²) >= 11 is 10.2. The van der Waals surface area contributed by atoms with Crippen LogP contribution in [0.4, 0.5) is 5.69 Å². The summed E-state index contributed by atoms with van der Waals surface area (Å²) in [5, 5.41) is 2.87. The third-order valence-corrected chi connectivity index (χ3v) is 6.97. The van der Waals surface area contributed by atoms with Crippen LogP contribution in [0.2, 0.25) is 4.47 Å². The molecular formula is C18H10BrClN2O5S2. The van der Waals surface area contributed by atoms with Gasteiger partial charge >= 0.3 is 0 Å². The summed E-state index contributed by atoms with van der Waals surface area (Å²) in [4.78, 5) is 30.3. The van der Waals surface area contributed by atoms with Crippen LogP contribution in [0.1, 0.15) is 36.7 Å². The van der Waals surface area contributed by atoms with Crippen molar-refractivity contribution in [3.63, 3.8) is 0 Å². The number of carbonyl (C=O) groups excluding carboxylic acids is 2. The molecule has 3 aromatic rings. The minimum Gasteiger partial charge on any atom is -0.378 e. The molecular weight excluding hydrogens is 504 g/mol. The average molecular weight is 514 g/mol. The van der Waals surface area contributed by atoms with Crippen LogP contribution in [-0.2, 0) is 16.7 Å². The van der Waals surface area contributed by atoms with Gasteiger partial charge in [-0.3, -0.25) is 14.1 Å². The number of thiazole rings is 1. The maximum atomic E-state index is 13.2. The van der Waals surface area contributed by atoms with Crippen LogP contribution in [0.25, 0.3) is 0 Å². The molecule has 1 heterocycles. The number of aromatic nitrogens is 1. The molecule has 2 N–H and O–H groups in total. The lowest BCUT2D eigenvalue weighted by molar-refractivity contribution is 0.0979. The predicted octanol–water partition coefficient (Wildman–Crippen LogP) is 4.19. The number of hydrogen-bond donors (Lipinski definition) is 2. The number of fused-ring (bicyclic) bond motifs is 2. The summed E-state index contributed by atoms with van der Waals surface area (Å²) in [7, 11) is -4.70. The largest absolute Gasteiger partial charge is 0.378 e. The van der Waals surface area contributed by atoms with E-state index in [2.05, 4.69) is 26.2 Å². The molecule has 1 aromatic heterocycles. The number of anilines is 1. The Balaban J connectivity index is 1.95. The molecule has 0 saturated carbocycles. The van der Waals surface area contributed by atoms with Crippen LogP contribution in [0.15, 0.2) is 45.9 Å². The zero-order valence-corrected chi connectivity index (χ0v) is 18.2. The van der Waals surface area contributed by atoms with Gasteiger partial charge in [0.05, 0.1) is 23.4 Å². The molecule has 1 aliphatic rings. The van der Waals surface area contributed by atoms with Crippen molar-refractivity contribution in [2.75, 3.05) is 5.32 Å². The maximum Gasteiger partial charge on any atom is 0.296 e. The summed E-state index contributed by atoms with van der Waals surface area (Å²) in [5.74, 6) is -0.945. The Labute approximate surface area is 182 Å². The van der Waals surface area contributed by atoms with E-state index in [0.29, 0.717) is 9.34 Å². The van der Waals surface area contributed by atoms with Crippen molar-refractivity contribution in [1.82, 2.24) is 4.98 Å². The molecule has 1 aliphatic carbocycles. The quantitative estimate of drug-likeness (QED) is 0.393. The zero-order chi connectivity index (χ0) is 20.9. The summed E-state index contributed by atoms with van der Waals surface area (Å²) in [5.41, 5.74) is 0.152. The Bertz CT molecular complexity index is 1300. The van der Waals surface area contributed by atoms with Crippen LogP contribution >= 0.6 is 38.9 Å². The molecule has 0 saturated heterocycles. The first-order chi connectivity index (χ1) is 13.7. The molecule has 4 rings (SSSR count). The van der Waals surface area contributed by atoms with Gasteiger partial charge in [-0.25, -0.2) is 4.98 Å². The third kappa shape index (κ3) is 3.51. The van der Waals surface area contributed by atoms with E-state index in [0.717, 1.165) is 6.07 Å². The third-order valence-electron chi connectivity index (χ3n) is 4.36. The van der Waals surface area contributed by atoms with E-state index >= 15 is 0 Å². The molecule has 0 atom stereocenters. The Kier molecular flexibility index (Phi) is 5.07. The maximum absolute atomic E-state index is 13.2. The van der Waals surface area contributed by atoms with Crippen LogP contribution in [-0.4, -0.2) is 29.5 Å². The van der Waals surface area contributed by atoms with Crippen molar-refractivity contribution in [1.29, 1.82) is 0 Å². The standard InChI is InChI=1S/C18H10BrClN2O5S2/c19-11-5-12(29(25,26)27)15(21-6-8-7-22-18(20)28-8)14-13(11)16(23)9-3-1-2-4-10(9)17(14)24/h1-5,7,21H,6H2,(H,25,26,27). The van der Waals surface area contributed by atoms with Crippen molar-refractivity contribution in [3.05, 3.63) is 72.6 Å². The molecule has 0 fully saturated rings. The predicted molar refractivity (Wildman–Crippen MR) is 112 cm³/mol. The lowest BCUT2D eigenvalue weighted by Crippen LogP contribution is -2.24. The minimum absolute atomic E-state index is 0.0333. The summed E-state index contributed by atoms with van der Waals surface area (Å²) in [6, 6.07) is 7.40. The number of halogens is 2. The highest BCUT2D eigenvalue weighted by atomic mass is 79.9. The van der Waals surface area contributed by atoms with Crippen molar-refractivity contribution in [2.45, 2.75) is 11.4 Å². The van der Waals surface area contributed by atoms with Crippen LogP contribution in [0.3, 0.4) is 0 Å². The molecule has 0 spiro atoms. The normalized spacial score (nSPS) is 13.2. The van der Waals surface area contributed by atoms with Crippen molar-refractivity contribution in [3.8, 4) is 0 Å². The lowest BCUT2D eigenvalue weighted by Gasteiger charge is -2.23. The second kappa shape index (κ2) is 7.29. The number of ketones is 2. The van der Waals surface area contributed by atoms with Crippen LogP contribution < -0.4 is 5.32 Å². The molecule has 0 unspecified atom stereocenters. The average Bonchev–Trinajstić information content (AvgIpc) is 3.09. The molecule has 0 aliphatic heterocycles. The van der Waals surface area contributed by atoms with Gasteiger partial charge < -0.3 is 5.32 Å². The Morgan fingerprint density at radius 3 is 2.31 bits per heavy atom. The Morgan fingerprint density at radius 2 is 1.76 bits per heavy atom. The highest BCUT2D eigenvalue weighted by Gasteiger charge is 2.36. The summed E-state index contributed by atoms with van der Waals surface area (Å²) in [6.45, 7) is 0.0874. The molecule has 0 amide bonds. The second-order valence-electron chi connectivity index (χ2n) is 6.09. The first-order valence-corrected chi connectivity index (χ1v) is 11.5. The molecule has 148 valence electrons. The monoisotopic (exact) mass is 512 g/mol. The van der Waals surface area contributed by atoms with Crippen molar-refractivity contribution >= 4 is 66.2 Å². The number of benzene rings is 2. The SMILES string of the molecule is O=C1c2ccccc2C(=O)c2c(NCc3cnc(Cl)s3)c(S(=O)(=O)O)cc(Br)c21.